The second kappa shape index (κ2) is 8.46. The Balaban J connectivity index is 1.47. The van der Waals surface area contributed by atoms with E-state index in [9.17, 15) is 9.32 Å². The minimum Gasteiger partial charge on any atom is -0.394 e. The van der Waals surface area contributed by atoms with Crippen molar-refractivity contribution >= 4 is 34.3 Å². The van der Waals surface area contributed by atoms with Crippen molar-refractivity contribution in [3.05, 3.63) is 35.6 Å². The second-order valence-electron chi connectivity index (χ2n) is 7.39. The van der Waals surface area contributed by atoms with Gasteiger partial charge in [0.15, 0.2) is 0 Å². The quantitative estimate of drug-likeness (QED) is 0.544. The van der Waals surface area contributed by atoms with E-state index in [2.05, 4.69) is 37.4 Å². The molecule has 154 valence electrons. The van der Waals surface area contributed by atoms with Gasteiger partial charge in [-0.3, -0.25) is 4.98 Å². The number of nitrogens with one attached hydrogen (secondary N) is 2. The lowest BCUT2D eigenvalue weighted by Gasteiger charge is -2.24. The van der Waals surface area contributed by atoms with E-state index >= 15 is 0 Å². The molecule has 1 fully saturated rings. The summed E-state index contributed by atoms with van der Waals surface area (Å²) in [6.07, 6.45) is 8.17. The van der Waals surface area contributed by atoms with E-state index in [1.54, 1.807) is 23.9 Å². The largest absolute Gasteiger partial charge is 0.394 e. The summed E-state index contributed by atoms with van der Waals surface area (Å²) >= 11 is 0. The van der Waals surface area contributed by atoms with Crippen molar-refractivity contribution < 1.29 is 9.32 Å². The Morgan fingerprint density at radius 1 is 1.24 bits per heavy atom. The van der Waals surface area contributed by atoms with Gasteiger partial charge in [-0.2, -0.15) is 4.98 Å². The molecule has 0 bridgehead atoms. The normalized spacial score (nSPS) is 18.3. The topological polar surface area (TPSA) is 103 Å². The molecule has 8 nitrogen and oxygen atoms in total. The van der Waals surface area contributed by atoms with Gasteiger partial charge in [-0.1, -0.05) is 6.92 Å². The number of aliphatic hydroxyl groups excluding tert-OH is 1. The Labute approximate surface area is 172 Å². The molecule has 29 heavy (non-hydrogen) atoms. The van der Waals surface area contributed by atoms with Crippen LogP contribution in [0.1, 0.15) is 31.9 Å². The number of hydrogen-bond donors (Lipinski definition) is 3. The molecule has 1 aliphatic heterocycles. The van der Waals surface area contributed by atoms with Crippen molar-refractivity contribution in [2.24, 2.45) is 0 Å². The molecule has 4 rings (SSSR count). The fourth-order valence-corrected chi connectivity index (χ4v) is 4.35. The van der Waals surface area contributed by atoms with Gasteiger partial charge < -0.3 is 20.6 Å². The van der Waals surface area contributed by atoms with Crippen LogP contribution >= 0.6 is 0 Å². The molecule has 2 aromatic rings. The van der Waals surface area contributed by atoms with E-state index in [1.807, 2.05) is 12.1 Å². The van der Waals surface area contributed by atoms with Gasteiger partial charge >= 0.3 is 0 Å². The van der Waals surface area contributed by atoms with Crippen LogP contribution in [0.4, 0.5) is 17.5 Å². The molecule has 3 N–H and O–H groups in total. The van der Waals surface area contributed by atoms with Crippen LogP contribution in [0.25, 0.3) is 6.08 Å². The van der Waals surface area contributed by atoms with Crippen molar-refractivity contribution in [2.75, 3.05) is 41.8 Å². The Morgan fingerprint density at radius 2 is 2.03 bits per heavy atom. The fraction of sp³-hybridized carbons (Fsp3) is 0.450. The van der Waals surface area contributed by atoms with Crippen LogP contribution in [-0.2, 0) is 10.8 Å². The average Bonchev–Trinajstić information content (AvgIpc) is 3.42. The van der Waals surface area contributed by atoms with Crippen LogP contribution in [0.2, 0.25) is 0 Å². The van der Waals surface area contributed by atoms with E-state index in [0.29, 0.717) is 28.9 Å². The lowest BCUT2D eigenvalue weighted by atomic mass is 10.3. The summed E-state index contributed by atoms with van der Waals surface area (Å²) < 4.78 is 12.3. The zero-order valence-electron chi connectivity index (χ0n) is 16.5. The highest BCUT2D eigenvalue weighted by Crippen LogP contribution is 2.40. The van der Waals surface area contributed by atoms with Gasteiger partial charge in [0.2, 0.25) is 5.95 Å². The molecule has 0 aromatic carbocycles. The molecular weight excluding hydrogens is 388 g/mol. The van der Waals surface area contributed by atoms with Crippen molar-refractivity contribution in [1.29, 1.82) is 0 Å². The summed E-state index contributed by atoms with van der Waals surface area (Å²) in [4.78, 5) is 16.1. The number of fused-ring (bicyclic) bond motifs is 1. The monoisotopic (exact) mass is 414 g/mol. The molecule has 3 heterocycles. The highest BCUT2D eigenvalue weighted by atomic mass is 32.2. The molecule has 0 spiro atoms. The lowest BCUT2D eigenvalue weighted by Crippen LogP contribution is -2.30. The van der Waals surface area contributed by atoms with Crippen LogP contribution in [0.3, 0.4) is 0 Å². The number of aliphatic hydroxyl groups is 1. The number of rotatable bonds is 10. The molecule has 9 heteroatoms. The van der Waals surface area contributed by atoms with E-state index in [4.69, 9.17) is 0 Å². The minimum atomic E-state index is -1.26. The summed E-state index contributed by atoms with van der Waals surface area (Å²) in [5, 5.41) is 17.9. The fourth-order valence-electron chi connectivity index (χ4n) is 3.36. The molecular formula is C20H26N6O2S. The van der Waals surface area contributed by atoms with E-state index in [0.717, 1.165) is 38.0 Å². The van der Waals surface area contributed by atoms with Gasteiger partial charge in [0.1, 0.15) is 10.7 Å². The first-order valence-corrected chi connectivity index (χ1v) is 11.1. The van der Waals surface area contributed by atoms with Crippen LogP contribution < -0.4 is 15.5 Å². The highest BCUT2D eigenvalue weighted by molar-refractivity contribution is 7.88. The number of hydrogen-bond acceptors (Lipinski definition) is 8. The van der Waals surface area contributed by atoms with Crippen molar-refractivity contribution in [2.45, 2.75) is 36.6 Å². The van der Waals surface area contributed by atoms with Gasteiger partial charge in [0.25, 0.3) is 0 Å². The average molecular weight is 415 g/mol. The summed E-state index contributed by atoms with van der Waals surface area (Å²) in [5.74, 6) is 1.04. The maximum atomic E-state index is 12.3. The third-order valence-electron chi connectivity index (χ3n) is 5.17. The smallest absolute Gasteiger partial charge is 0.225 e. The van der Waals surface area contributed by atoms with Crippen molar-refractivity contribution in [3.8, 4) is 0 Å². The first-order valence-electron chi connectivity index (χ1n) is 9.93. The molecule has 2 aromatic heterocycles. The summed E-state index contributed by atoms with van der Waals surface area (Å²) in [7, 11) is -1.26. The maximum Gasteiger partial charge on any atom is 0.225 e. The highest BCUT2D eigenvalue weighted by Gasteiger charge is 2.43. The zero-order valence-corrected chi connectivity index (χ0v) is 17.3. The van der Waals surface area contributed by atoms with Gasteiger partial charge in [0, 0.05) is 43.1 Å². The minimum absolute atomic E-state index is 0.0342. The Kier molecular flexibility index (Phi) is 5.77. The molecule has 1 atom stereocenters. The lowest BCUT2D eigenvalue weighted by molar-refractivity contribution is 0.265. The summed E-state index contributed by atoms with van der Waals surface area (Å²) in [5.41, 5.74) is 1.46. The second-order valence-corrected chi connectivity index (χ2v) is 8.67. The number of anilines is 3. The van der Waals surface area contributed by atoms with Gasteiger partial charge in [-0.25, -0.2) is 9.19 Å². The van der Waals surface area contributed by atoms with E-state index in [-0.39, 0.29) is 12.1 Å². The first-order chi connectivity index (χ1) is 14.1. The molecule has 1 aliphatic carbocycles. The number of aromatic nitrogens is 3. The third-order valence-corrected chi connectivity index (χ3v) is 6.36. The SMILES string of the molecule is CCCN(CCNc1nc2c(c(NC3(CO)CC3)n1)S(=O)C=C2)c1ccncc1. The summed E-state index contributed by atoms with van der Waals surface area (Å²) in [6, 6.07) is 4.02. The van der Waals surface area contributed by atoms with E-state index < -0.39 is 10.8 Å². The molecule has 1 saturated carbocycles. The number of pyridine rings is 1. The van der Waals surface area contributed by atoms with Gasteiger partial charge in [-0.15, -0.1) is 0 Å². The predicted octanol–water partition coefficient (Wildman–Crippen LogP) is 2.23. The van der Waals surface area contributed by atoms with Crippen molar-refractivity contribution in [3.63, 3.8) is 0 Å². The molecule has 0 saturated heterocycles. The maximum absolute atomic E-state index is 12.3. The summed E-state index contributed by atoms with van der Waals surface area (Å²) in [6.45, 7) is 4.60. The van der Waals surface area contributed by atoms with Crippen LogP contribution in [0, 0.1) is 0 Å². The van der Waals surface area contributed by atoms with Crippen LogP contribution in [-0.4, -0.2) is 56.0 Å². The molecule has 0 amide bonds. The first kappa shape index (κ1) is 19.8. The third kappa shape index (κ3) is 4.40. The van der Waals surface area contributed by atoms with Crippen LogP contribution in [0.15, 0.2) is 34.8 Å². The van der Waals surface area contributed by atoms with Gasteiger partial charge in [-0.05, 0) is 37.5 Å². The Morgan fingerprint density at radius 3 is 2.72 bits per heavy atom. The Hall–Kier alpha value is -2.52. The van der Waals surface area contributed by atoms with E-state index in [1.165, 1.54) is 0 Å². The Bertz CT molecular complexity index is 917. The molecule has 2 aliphatic rings. The molecule has 0 radical (unpaired) electrons. The number of nitrogens with zero attached hydrogens (tertiary/aromatic N) is 4. The van der Waals surface area contributed by atoms with Crippen molar-refractivity contribution in [1.82, 2.24) is 15.0 Å². The molecule has 1 unspecified atom stereocenters. The predicted molar refractivity (Wildman–Crippen MR) is 115 cm³/mol. The standard InChI is InChI=1S/C20H26N6O2S/c1-2-11-26(15-3-8-21-9-4-15)12-10-22-19-23-16-5-13-29(28)17(16)18(24-19)25-20(14-27)6-7-20/h3-5,8-9,13,27H,2,6-7,10-12,14H2,1H3,(H2,22,23,24,25). The zero-order chi connectivity index (χ0) is 20.3. The van der Waals surface area contributed by atoms with Gasteiger partial charge in [0.05, 0.1) is 28.6 Å². The van der Waals surface area contributed by atoms with Crippen LogP contribution in [0.5, 0.6) is 0 Å².